The molecule has 0 saturated heterocycles. The highest BCUT2D eigenvalue weighted by atomic mass is 19.1. The van der Waals surface area contributed by atoms with E-state index in [2.05, 4.69) is 5.32 Å². The summed E-state index contributed by atoms with van der Waals surface area (Å²) in [5.41, 5.74) is 2.49. The van der Waals surface area contributed by atoms with Gasteiger partial charge in [-0.2, -0.15) is 0 Å². The van der Waals surface area contributed by atoms with E-state index in [1.54, 1.807) is 19.1 Å². The second kappa shape index (κ2) is 6.42. The summed E-state index contributed by atoms with van der Waals surface area (Å²) in [7, 11) is 0. The Balaban J connectivity index is 2.08. The van der Waals surface area contributed by atoms with E-state index in [4.69, 9.17) is 4.74 Å². The zero-order valence-electron chi connectivity index (χ0n) is 12.1. The summed E-state index contributed by atoms with van der Waals surface area (Å²) in [6.07, 6.45) is 0.120. The van der Waals surface area contributed by atoms with Crippen LogP contribution < -0.4 is 10.1 Å². The molecule has 2 aromatic carbocycles. The zero-order valence-corrected chi connectivity index (χ0v) is 12.1. The highest BCUT2D eigenvalue weighted by Crippen LogP contribution is 2.25. The van der Waals surface area contributed by atoms with Crippen molar-refractivity contribution in [1.82, 2.24) is 0 Å². The lowest BCUT2D eigenvalue weighted by atomic mass is 10.1. The van der Waals surface area contributed by atoms with Gasteiger partial charge in [-0.05, 0) is 50.1 Å². The van der Waals surface area contributed by atoms with Crippen LogP contribution in [0.25, 0.3) is 0 Å². The number of hydrogen-bond acceptors (Lipinski definition) is 2. The van der Waals surface area contributed by atoms with Gasteiger partial charge < -0.3 is 10.1 Å². The number of aryl methyl sites for hydroxylation is 1. The third-order valence-electron chi connectivity index (χ3n) is 2.97. The predicted molar refractivity (Wildman–Crippen MR) is 80.7 cm³/mol. The van der Waals surface area contributed by atoms with E-state index >= 15 is 0 Å². The quantitative estimate of drug-likeness (QED) is 0.864. The number of para-hydroxylation sites is 2. The summed E-state index contributed by atoms with van der Waals surface area (Å²) in [5, 5.41) is 3.29. The van der Waals surface area contributed by atoms with Gasteiger partial charge >= 0.3 is 0 Å². The summed E-state index contributed by atoms with van der Waals surface area (Å²) in [4.78, 5) is 0. The van der Waals surface area contributed by atoms with E-state index in [0.29, 0.717) is 12.1 Å². The van der Waals surface area contributed by atoms with Crippen LogP contribution in [0.3, 0.4) is 0 Å². The van der Waals surface area contributed by atoms with Gasteiger partial charge in [0.05, 0.1) is 11.8 Å². The third-order valence-corrected chi connectivity index (χ3v) is 2.97. The Hall–Kier alpha value is -2.03. The summed E-state index contributed by atoms with van der Waals surface area (Å²) in [6, 6.07) is 13.1. The maximum absolute atomic E-state index is 13.5. The maximum atomic E-state index is 13.5. The number of anilines is 1. The Morgan fingerprint density at radius 3 is 2.60 bits per heavy atom. The molecular weight excluding hydrogens is 253 g/mol. The van der Waals surface area contributed by atoms with Gasteiger partial charge in [-0.25, -0.2) is 4.39 Å². The van der Waals surface area contributed by atoms with E-state index in [9.17, 15) is 4.39 Å². The molecule has 0 radical (unpaired) electrons. The first kappa shape index (κ1) is 14.4. The first-order valence-electron chi connectivity index (χ1n) is 6.81. The van der Waals surface area contributed by atoms with Crippen LogP contribution >= 0.6 is 0 Å². The van der Waals surface area contributed by atoms with Gasteiger partial charge in [-0.15, -0.1) is 0 Å². The summed E-state index contributed by atoms with van der Waals surface area (Å²) >= 11 is 0. The molecule has 1 N–H and O–H groups in total. The maximum Gasteiger partial charge on any atom is 0.142 e. The standard InChI is InChI=1S/C17H20FNO/c1-12(2)20-17-7-5-4-6-16(17)19-11-14-9-8-13(3)15(18)10-14/h4-10,12,19H,11H2,1-3H3. The molecule has 2 aromatic rings. The minimum atomic E-state index is -0.170. The van der Waals surface area contributed by atoms with Crippen molar-refractivity contribution < 1.29 is 9.13 Å². The van der Waals surface area contributed by atoms with Crippen molar-refractivity contribution in [3.63, 3.8) is 0 Å². The number of benzene rings is 2. The molecule has 0 aliphatic heterocycles. The third kappa shape index (κ3) is 3.73. The molecule has 0 amide bonds. The molecule has 0 bridgehead atoms. The van der Waals surface area contributed by atoms with E-state index in [-0.39, 0.29) is 11.9 Å². The molecule has 3 heteroatoms. The second-order valence-corrected chi connectivity index (χ2v) is 5.10. The van der Waals surface area contributed by atoms with Crippen molar-refractivity contribution in [3.8, 4) is 5.75 Å². The number of nitrogens with one attached hydrogen (secondary N) is 1. The SMILES string of the molecule is Cc1ccc(CNc2ccccc2OC(C)C)cc1F. The molecule has 0 unspecified atom stereocenters. The molecule has 0 aliphatic carbocycles. The van der Waals surface area contributed by atoms with Gasteiger partial charge in [0.2, 0.25) is 0 Å². The smallest absolute Gasteiger partial charge is 0.142 e. The molecule has 0 saturated carbocycles. The van der Waals surface area contributed by atoms with Gasteiger partial charge in [-0.1, -0.05) is 24.3 Å². The molecule has 106 valence electrons. The lowest BCUT2D eigenvalue weighted by Crippen LogP contribution is -2.08. The van der Waals surface area contributed by atoms with Crippen LogP contribution in [0.4, 0.5) is 10.1 Å². The second-order valence-electron chi connectivity index (χ2n) is 5.10. The largest absolute Gasteiger partial charge is 0.489 e. The van der Waals surface area contributed by atoms with Crippen LogP contribution in [-0.2, 0) is 6.54 Å². The summed E-state index contributed by atoms with van der Waals surface area (Å²) < 4.78 is 19.2. The Kier molecular flexibility index (Phi) is 4.61. The fraction of sp³-hybridized carbons (Fsp3) is 0.294. The Bertz CT molecular complexity index is 581. The minimum absolute atomic E-state index is 0.120. The molecule has 0 atom stereocenters. The van der Waals surface area contributed by atoms with Crippen molar-refractivity contribution >= 4 is 5.69 Å². The number of hydrogen-bond donors (Lipinski definition) is 1. The number of halogens is 1. The van der Waals surface area contributed by atoms with Gasteiger partial charge in [-0.3, -0.25) is 0 Å². The van der Waals surface area contributed by atoms with Crippen LogP contribution in [0, 0.1) is 12.7 Å². The normalized spacial score (nSPS) is 10.7. The fourth-order valence-corrected chi connectivity index (χ4v) is 1.91. The molecule has 0 spiro atoms. The summed E-state index contributed by atoms with van der Waals surface area (Å²) in [5.74, 6) is 0.645. The number of rotatable bonds is 5. The van der Waals surface area contributed by atoms with Gasteiger partial charge in [0.1, 0.15) is 11.6 Å². The van der Waals surface area contributed by atoms with Crippen LogP contribution in [0.15, 0.2) is 42.5 Å². The highest BCUT2D eigenvalue weighted by molar-refractivity contribution is 5.56. The fourth-order valence-electron chi connectivity index (χ4n) is 1.91. The van der Waals surface area contributed by atoms with E-state index in [0.717, 1.165) is 17.0 Å². The molecule has 0 aliphatic rings. The lowest BCUT2D eigenvalue weighted by Gasteiger charge is -2.15. The molecule has 20 heavy (non-hydrogen) atoms. The monoisotopic (exact) mass is 273 g/mol. The number of ether oxygens (including phenoxy) is 1. The summed E-state index contributed by atoms with van der Waals surface area (Å²) in [6.45, 7) is 6.31. The average molecular weight is 273 g/mol. The first-order valence-corrected chi connectivity index (χ1v) is 6.81. The van der Waals surface area contributed by atoms with Crippen molar-refractivity contribution in [2.45, 2.75) is 33.4 Å². The van der Waals surface area contributed by atoms with Crippen LogP contribution in [0.2, 0.25) is 0 Å². The minimum Gasteiger partial charge on any atom is -0.489 e. The van der Waals surface area contributed by atoms with E-state index in [1.165, 1.54) is 0 Å². The zero-order chi connectivity index (χ0) is 14.5. The average Bonchev–Trinajstić information content (AvgIpc) is 2.41. The lowest BCUT2D eigenvalue weighted by molar-refractivity contribution is 0.243. The Labute approximate surface area is 119 Å². The molecule has 2 rings (SSSR count). The van der Waals surface area contributed by atoms with Crippen LogP contribution in [0.1, 0.15) is 25.0 Å². The molecular formula is C17H20FNO. The molecule has 0 fully saturated rings. The van der Waals surface area contributed by atoms with Gasteiger partial charge in [0.25, 0.3) is 0 Å². The van der Waals surface area contributed by atoms with Gasteiger partial charge in [0.15, 0.2) is 0 Å². The van der Waals surface area contributed by atoms with E-state index in [1.807, 2.05) is 44.2 Å². The topological polar surface area (TPSA) is 21.3 Å². The van der Waals surface area contributed by atoms with Crippen LogP contribution in [0.5, 0.6) is 5.75 Å². The van der Waals surface area contributed by atoms with Crippen molar-refractivity contribution in [3.05, 3.63) is 59.4 Å². The predicted octanol–water partition coefficient (Wildman–Crippen LogP) is 4.53. The van der Waals surface area contributed by atoms with Crippen molar-refractivity contribution in [2.75, 3.05) is 5.32 Å². The highest BCUT2D eigenvalue weighted by Gasteiger charge is 2.05. The van der Waals surface area contributed by atoms with Crippen molar-refractivity contribution in [1.29, 1.82) is 0 Å². The Morgan fingerprint density at radius 1 is 1.15 bits per heavy atom. The van der Waals surface area contributed by atoms with Crippen molar-refractivity contribution in [2.24, 2.45) is 0 Å². The molecule has 0 aromatic heterocycles. The van der Waals surface area contributed by atoms with Crippen LogP contribution in [-0.4, -0.2) is 6.10 Å². The van der Waals surface area contributed by atoms with Gasteiger partial charge in [0, 0.05) is 6.54 Å². The molecule has 0 heterocycles. The molecule has 2 nitrogen and oxygen atoms in total. The Morgan fingerprint density at radius 2 is 1.90 bits per heavy atom. The van der Waals surface area contributed by atoms with E-state index < -0.39 is 0 Å². The first-order chi connectivity index (χ1) is 9.56.